The maximum Gasteiger partial charge on any atom is 0.341 e. The Morgan fingerprint density at radius 3 is 2.73 bits per heavy atom. The summed E-state index contributed by atoms with van der Waals surface area (Å²) in [6, 6.07) is 3.17. The fraction of sp³-hybridized carbons (Fsp3) is 0.333. The number of aryl methyl sites for hydroxylation is 1. The Hall–Kier alpha value is -4.38. The van der Waals surface area contributed by atoms with E-state index in [1.165, 1.54) is 16.8 Å². The summed E-state index contributed by atoms with van der Waals surface area (Å²) < 4.78 is 32.1. The van der Waals surface area contributed by atoms with Crippen LogP contribution in [0, 0.1) is 11.6 Å². The largest absolute Gasteiger partial charge is 0.477 e. The Kier molecular flexibility index (Phi) is 5.82. The van der Waals surface area contributed by atoms with Gasteiger partial charge in [-0.05, 0) is 31.0 Å². The fourth-order valence-electron chi connectivity index (χ4n) is 6.83. The van der Waals surface area contributed by atoms with Gasteiger partial charge in [-0.1, -0.05) is 0 Å². The molecular weight excluding hydrogens is 530 g/mol. The predicted molar refractivity (Wildman–Crippen MR) is 152 cm³/mol. The Labute approximate surface area is 234 Å². The standard InChI is InChI=1S/C30H28F2N6O3/c1-33-22-10-21(31)26(32)24-17(22)9-23-25(24)27(38-7-6-37-5-3-4-16(37)13-38)19(12-34-23)15-8-18-28(39)20(30(40)41)14-36(2)29(18)35-11-15/h8,10-12,14,16,33H,3-7,9,13H2,1-2H3,(H,40,41)/t16-/m1/s1. The van der Waals surface area contributed by atoms with Crippen LogP contribution in [0.2, 0.25) is 0 Å². The van der Waals surface area contributed by atoms with Gasteiger partial charge in [0.2, 0.25) is 5.43 Å². The zero-order valence-electron chi connectivity index (χ0n) is 22.7. The lowest BCUT2D eigenvalue weighted by Crippen LogP contribution is -2.50. The molecule has 2 N–H and O–H groups in total. The Balaban J connectivity index is 1.50. The maximum absolute atomic E-state index is 15.7. The second-order valence-electron chi connectivity index (χ2n) is 11.0. The van der Waals surface area contributed by atoms with E-state index >= 15 is 4.39 Å². The van der Waals surface area contributed by atoms with Crippen LogP contribution in [0.25, 0.3) is 33.3 Å². The molecule has 0 unspecified atom stereocenters. The smallest absolute Gasteiger partial charge is 0.341 e. The van der Waals surface area contributed by atoms with Gasteiger partial charge in [-0.15, -0.1) is 0 Å². The van der Waals surface area contributed by atoms with Crippen molar-refractivity contribution in [2.24, 2.45) is 7.05 Å². The minimum atomic E-state index is -1.32. The van der Waals surface area contributed by atoms with Crippen molar-refractivity contribution >= 4 is 28.4 Å². The fourth-order valence-corrected chi connectivity index (χ4v) is 6.83. The van der Waals surface area contributed by atoms with Crippen molar-refractivity contribution < 1.29 is 18.7 Å². The number of aromatic nitrogens is 3. The van der Waals surface area contributed by atoms with Gasteiger partial charge in [0.05, 0.1) is 16.8 Å². The highest BCUT2D eigenvalue weighted by atomic mass is 19.2. The van der Waals surface area contributed by atoms with Gasteiger partial charge in [-0.3, -0.25) is 14.7 Å². The van der Waals surface area contributed by atoms with Crippen LogP contribution in [0.15, 0.2) is 35.5 Å². The molecule has 3 aromatic heterocycles. The first-order valence-electron chi connectivity index (χ1n) is 13.7. The Bertz CT molecular complexity index is 1840. The van der Waals surface area contributed by atoms with Crippen molar-refractivity contribution in [3.63, 3.8) is 0 Å². The first-order chi connectivity index (χ1) is 19.8. The van der Waals surface area contributed by atoms with Crippen LogP contribution in [0.4, 0.5) is 20.2 Å². The molecule has 1 aliphatic carbocycles. The van der Waals surface area contributed by atoms with E-state index in [9.17, 15) is 19.1 Å². The molecule has 0 radical (unpaired) electrons. The van der Waals surface area contributed by atoms with Crippen LogP contribution in [0.5, 0.6) is 0 Å². The van der Waals surface area contributed by atoms with Crippen molar-refractivity contribution in [1.82, 2.24) is 19.4 Å². The summed E-state index contributed by atoms with van der Waals surface area (Å²) in [4.78, 5) is 38.9. The molecule has 41 heavy (non-hydrogen) atoms. The van der Waals surface area contributed by atoms with E-state index in [4.69, 9.17) is 4.98 Å². The molecular formula is C30H28F2N6O3. The SMILES string of the molecule is CNc1cc(F)c(F)c2c1Cc1ncc(-c3cnc4c(c3)c(=O)c(C(=O)O)cn4C)c(N3CCN4CCC[C@@H]4C3)c1-2. The van der Waals surface area contributed by atoms with E-state index in [1.54, 1.807) is 32.6 Å². The summed E-state index contributed by atoms with van der Waals surface area (Å²) in [5.74, 6) is -3.16. The van der Waals surface area contributed by atoms with Gasteiger partial charge >= 0.3 is 5.97 Å². The first-order valence-corrected chi connectivity index (χ1v) is 13.7. The molecule has 0 spiro atoms. The van der Waals surface area contributed by atoms with Gasteiger partial charge in [-0.2, -0.15) is 0 Å². The average molecular weight is 559 g/mol. The number of fused-ring (bicyclic) bond motifs is 5. The number of carboxylic acid groups (broad SMARTS) is 1. The number of aromatic carboxylic acids is 1. The summed E-state index contributed by atoms with van der Waals surface area (Å²) in [5.41, 5.74) is 3.88. The van der Waals surface area contributed by atoms with E-state index in [2.05, 4.69) is 20.1 Å². The number of halogens is 2. The number of carboxylic acids is 1. The number of piperazine rings is 1. The highest BCUT2D eigenvalue weighted by Gasteiger charge is 2.37. The summed E-state index contributed by atoms with van der Waals surface area (Å²) in [6.07, 6.45) is 7.14. The van der Waals surface area contributed by atoms with Crippen LogP contribution in [0.1, 0.15) is 34.5 Å². The number of pyridine rings is 3. The number of carbonyl (C=O) groups is 1. The minimum absolute atomic E-state index is 0.159. The van der Waals surface area contributed by atoms with Gasteiger partial charge in [0.15, 0.2) is 11.6 Å². The summed E-state index contributed by atoms with van der Waals surface area (Å²) in [7, 11) is 3.32. The lowest BCUT2D eigenvalue weighted by Gasteiger charge is -2.40. The van der Waals surface area contributed by atoms with E-state index in [1.807, 2.05) is 0 Å². The quantitative estimate of drug-likeness (QED) is 0.343. The highest BCUT2D eigenvalue weighted by molar-refractivity contribution is 5.98. The summed E-state index contributed by atoms with van der Waals surface area (Å²) in [6.45, 7) is 3.31. The topological polar surface area (TPSA) is 104 Å². The zero-order chi connectivity index (χ0) is 28.6. The molecule has 210 valence electrons. The molecule has 5 heterocycles. The van der Waals surface area contributed by atoms with Crippen LogP contribution in [-0.4, -0.2) is 69.8 Å². The molecule has 0 saturated carbocycles. The molecule has 3 aliphatic rings. The molecule has 4 aromatic rings. The molecule has 9 nitrogen and oxygen atoms in total. The zero-order valence-corrected chi connectivity index (χ0v) is 22.7. The molecule has 2 fully saturated rings. The third-order valence-electron chi connectivity index (χ3n) is 8.78. The van der Waals surface area contributed by atoms with Crippen molar-refractivity contribution in [2.75, 3.05) is 43.4 Å². The normalized spacial score (nSPS) is 18.0. The number of rotatable bonds is 4. The molecule has 0 amide bonds. The van der Waals surface area contributed by atoms with Gasteiger partial charge in [0, 0.05) is 98.8 Å². The number of benzene rings is 1. The van der Waals surface area contributed by atoms with Crippen LogP contribution < -0.4 is 15.6 Å². The van der Waals surface area contributed by atoms with Crippen LogP contribution in [0.3, 0.4) is 0 Å². The molecule has 1 aromatic carbocycles. The molecule has 2 saturated heterocycles. The summed E-state index contributed by atoms with van der Waals surface area (Å²) in [5, 5.41) is 12.8. The van der Waals surface area contributed by atoms with E-state index in [0.717, 1.165) is 38.2 Å². The van der Waals surface area contributed by atoms with Crippen LogP contribution in [-0.2, 0) is 13.5 Å². The molecule has 11 heteroatoms. The second-order valence-corrected chi connectivity index (χ2v) is 11.0. The number of hydrogen-bond acceptors (Lipinski definition) is 7. The van der Waals surface area contributed by atoms with Gasteiger partial charge in [0.1, 0.15) is 11.2 Å². The maximum atomic E-state index is 15.7. The molecule has 0 bridgehead atoms. The van der Waals surface area contributed by atoms with Crippen molar-refractivity contribution in [3.05, 3.63) is 69.4 Å². The Morgan fingerprint density at radius 2 is 1.95 bits per heavy atom. The minimum Gasteiger partial charge on any atom is -0.477 e. The lowest BCUT2D eigenvalue weighted by molar-refractivity contribution is 0.0695. The monoisotopic (exact) mass is 558 g/mol. The van der Waals surface area contributed by atoms with Crippen molar-refractivity contribution in [1.29, 1.82) is 0 Å². The average Bonchev–Trinajstić information content (AvgIpc) is 3.60. The molecule has 2 aliphatic heterocycles. The summed E-state index contributed by atoms with van der Waals surface area (Å²) >= 11 is 0. The van der Waals surface area contributed by atoms with E-state index < -0.39 is 23.0 Å². The third kappa shape index (κ3) is 3.82. The van der Waals surface area contributed by atoms with E-state index in [-0.39, 0.29) is 16.5 Å². The number of anilines is 2. The van der Waals surface area contributed by atoms with Gasteiger partial charge < -0.3 is 19.9 Å². The van der Waals surface area contributed by atoms with E-state index in [0.29, 0.717) is 58.3 Å². The third-order valence-corrected chi connectivity index (χ3v) is 8.78. The number of nitrogens with zero attached hydrogens (tertiary/aromatic N) is 5. The first kappa shape index (κ1) is 25.6. The highest BCUT2D eigenvalue weighted by Crippen LogP contribution is 2.50. The van der Waals surface area contributed by atoms with Crippen molar-refractivity contribution in [3.8, 4) is 22.3 Å². The molecule has 1 atom stereocenters. The second kappa shape index (κ2) is 9.34. The lowest BCUT2D eigenvalue weighted by atomic mass is 9.96. The Morgan fingerprint density at radius 1 is 1.12 bits per heavy atom. The molecule has 7 rings (SSSR count). The van der Waals surface area contributed by atoms with Crippen molar-refractivity contribution in [2.45, 2.75) is 25.3 Å². The number of hydrogen-bond donors (Lipinski definition) is 2. The van der Waals surface area contributed by atoms with Gasteiger partial charge in [-0.25, -0.2) is 18.6 Å². The predicted octanol–water partition coefficient (Wildman–Crippen LogP) is 3.87. The number of nitrogens with one attached hydrogen (secondary N) is 1. The van der Waals surface area contributed by atoms with Gasteiger partial charge in [0.25, 0.3) is 0 Å². The van der Waals surface area contributed by atoms with Crippen LogP contribution >= 0.6 is 0 Å².